The van der Waals surface area contributed by atoms with Gasteiger partial charge in [-0.05, 0) is 29.9 Å². The van der Waals surface area contributed by atoms with Crippen LogP contribution in [0.4, 0.5) is 5.69 Å². The fourth-order valence-corrected chi connectivity index (χ4v) is 5.45. The number of anilines is 1. The van der Waals surface area contributed by atoms with Gasteiger partial charge in [0.2, 0.25) is 29.5 Å². The molecule has 0 bridgehead atoms. The first kappa shape index (κ1) is 29.7. The number of hydrogen-bond donors (Lipinski definition) is 3. The fraction of sp³-hybridized carbons (Fsp3) is 0.536. The molecule has 1 aromatic carbocycles. The van der Waals surface area contributed by atoms with Gasteiger partial charge in [0.25, 0.3) is 0 Å². The van der Waals surface area contributed by atoms with Crippen molar-refractivity contribution in [2.24, 2.45) is 5.92 Å². The lowest BCUT2D eigenvalue weighted by Gasteiger charge is -2.33. The Kier molecular flexibility index (Phi) is 9.04. The number of hydrogen-bond acceptors (Lipinski definition) is 7. The SMILES string of the molecule is CC[C@H](C)[C@@H](C(=O)N[C@H]1CCc2cccc3c2N(C1=O)[C@H](C(=O)NCc1c[nH]nn1)C3)N(C)C(=O)CC(=O)N(C)C. The van der Waals surface area contributed by atoms with E-state index in [1.165, 1.54) is 21.7 Å². The highest BCUT2D eigenvalue weighted by Gasteiger charge is 2.44. The monoisotopic (exact) mass is 566 g/mol. The molecule has 0 saturated carbocycles. The van der Waals surface area contributed by atoms with Crippen LogP contribution in [0.3, 0.4) is 0 Å². The molecule has 220 valence electrons. The van der Waals surface area contributed by atoms with Gasteiger partial charge in [0.1, 0.15) is 30.2 Å². The maximum absolute atomic E-state index is 14.0. The molecule has 2 aliphatic heterocycles. The number of amides is 5. The smallest absolute Gasteiger partial charge is 0.250 e. The van der Waals surface area contributed by atoms with Crippen molar-refractivity contribution in [1.29, 1.82) is 0 Å². The number of benzene rings is 1. The number of nitrogens with one attached hydrogen (secondary N) is 3. The van der Waals surface area contributed by atoms with E-state index < -0.39 is 29.9 Å². The first-order chi connectivity index (χ1) is 19.5. The molecular formula is C28H38N8O5. The number of rotatable bonds is 10. The number of para-hydroxylation sites is 1. The van der Waals surface area contributed by atoms with Crippen LogP contribution >= 0.6 is 0 Å². The van der Waals surface area contributed by atoms with Gasteiger partial charge < -0.3 is 20.4 Å². The van der Waals surface area contributed by atoms with E-state index in [0.717, 1.165) is 16.8 Å². The number of aromatic nitrogens is 3. The molecule has 0 unspecified atom stereocenters. The molecule has 3 heterocycles. The molecule has 4 rings (SSSR count). The van der Waals surface area contributed by atoms with Crippen molar-refractivity contribution in [2.45, 2.75) is 70.6 Å². The molecule has 1 aromatic heterocycles. The maximum Gasteiger partial charge on any atom is 0.250 e. The molecule has 13 nitrogen and oxygen atoms in total. The van der Waals surface area contributed by atoms with Gasteiger partial charge in [0, 0.05) is 33.8 Å². The molecule has 0 saturated heterocycles. The van der Waals surface area contributed by atoms with Gasteiger partial charge >= 0.3 is 0 Å². The minimum atomic E-state index is -0.898. The van der Waals surface area contributed by atoms with Crippen molar-refractivity contribution >= 4 is 35.2 Å². The third kappa shape index (κ3) is 6.23. The predicted molar refractivity (Wildman–Crippen MR) is 149 cm³/mol. The Morgan fingerprint density at radius 1 is 1.15 bits per heavy atom. The number of carbonyl (C=O) groups is 5. The lowest BCUT2D eigenvalue weighted by atomic mass is 9.95. The topological polar surface area (TPSA) is 161 Å². The molecule has 3 N–H and O–H groups in total. The Hall–Kier alpha value is -4.29. The van der Waals surface area contributed by atoms with E-state index in [2.05, 4.69) is 26.0 Å². The van der Waals surface area contributed by atoms with Crippen LogP contribution in [0.15, 0.2) is 24.4 Å². The number of nitrogens with zero attached hydrogens (tertiary/aromatic N) is 5. The third-order valence-corrected chi connectivity index (χ3v) is 8.00. The normalized spacial score (nSPS) is 19.0. The number of aryl methyl sites for hydroxylation is 1. The van der Waals surface area contributed by atoms with Crippen LogP contribution in [0.1, 0.15) is 49.9 Å². The summed E-state index contributed by atoms with van der Waals surface area (Å²) in [6, 6.07) is 3.21. The summed E-state index contributed by atoms with van der Waals surface area (Å²) in [5, 5.41) is 15.9. The first-order valence-electron chi connectivity index (χ1n) is 13.9. The molecule has 5 amide bonds. The molecule has 13 heteroatoms. The number of carbonyl (C=O) groups excluding carboxylic acids is 5. The summed E-state index contributed by atoms with van der Waals surface area (Å²) in [5.41, 5.74) is 3.12. The molecule has 0 aliphatic carbocycles. The molecule has 41 heavy (non-hydrogen) atoms. The van der Waals surface area contributed by atoms with Crippen LogP contribution in [0, 0.1) is 5.92 Å². The third-order valence-electron chi connectivity index (χ3n) is 8.00. The summed E-state index contributed by atoms with van der Waals surface area (Å²) >= 11 is 0. The Morgan fingerprint density at radius 3 is 2.54 bits per heavy atom. The summed E-state index contributed by atoms with van der Waals surface area (Å²) < 4.78 is 0. The summed E-state index contributed by atoms with van der Waals surface area (Å²) in [4.78, 5) is 70.2. The second-order valence-electron chi connectivity index (χ2n) is 10.9. The standard InChI is InChI=1S/C28H38N8O5/c1-6-16(2)24(35(5)23(38)13-22(37)34(3)4)27(40)31-20-11-10-17-8-7-9-18-12-21(36(25(17)18)28(20)41)26(39)29-14-19-15-30-33-32-19/h7-9,15-16,20-21,24H,6,10-14H2,1-5H3,(H,29,39)(H,31,40)(H,30,32,33)/t16-,20-,21-,24-/m0/s1. The molecule has 4 atom stereocenters. The minimum absolute atomic E-state index is 0.157. The van der Waals surface area contributed by atoms with Crippen molar-refractivity contribution in [3.63, 3.8) is 0 Å². The highest BCUT2D eigenvalue weighted by Crippen LogP contribution is 2.39. The van der Waals surface area contributed by atoms with Crippen molar-refractivity contribution in [2.75, 3.05) is 26.0 Å². The Balaban J connectivity index is 1.55. The van der Waals surface area contributed by atoms with Gasteiger partial charge in [-0.3, -0.25) is 34.0 Å². The van der Waals surface area contributed by atoms with Gasteiger partial charge in [-0.25, -0.2) is 0 Å². The quantitative estimate of drug-likeness (QED) is 0.345. The fourth-order valence-electron chi connectivity index (χ4n) is 5.45. The van der Waals surface area contributed by atoms with Crippen LogP contribution < -0.4 is 15.5 Å². The van der Waals surface area contributed by atoms with Crippen LogP contribution in [0.25, 0.3) is 0 Å². The average molecular weight is 567 g/mol. The summed E-state index contributed by atoms with van der Waals surface area (Å²) in [5.74, 6) is -2.24. The van der Waals surface area contributed by atoms with E-state index in [1.54, 1.807) is 20.3 Å². The van der Waals surface area contributed by atoms with Gasteiger partial charge in [-0.15, -0.1) is 5.10 Å². The van der Waals surface area contributed by atoms with E-state index in [0.29, 0.717) is 31.4 Å². The van der Waals surface area contributed by atoms with Crippen LogP contribution in [-0.2, 0) is 43.4 Å². The number of likely N-dealkylation sites (N-methyl/N-ethyl adjacent to an activating group) is 1. The Labute approximate surface area is 239 Å². The maximum atomic E-state index is 14.0. The zero-order chi connectivity index (χ0) is 29.8. The summed E-state index contributed by atoms with van der Waals surface area (Å²) in [6.07, 6.45) is 3.05. The zero-order valence-corrected chi connectivity index (χ0v) is 24.1. The second-order valence-corrected chi connectivity index (χ2v) is 10.9. The number of aromatic amines is 1. The lowest BCUT2D eigenvalue weighted by Crippen LogP contribution is -2.58. The lowest BCUT2D eigenvalue weighted by molar-refractivity contribution is -0.145. The molecular weight excluding hydrogens is 528 g/mol. The molecule has 0 radical (unpaired) electrons. The van der Waals surface area contributed by atoms with Crippen LogP contribution in [0.2, 0.25) is 0 Å². The molecule has 2 aliphatic rings. The van der Waals surface area contributed by atoms with E-state index in [9.17, 15) is 24.0 Å². The largest absolute Gasteiger partial charge is 0.348 e. The molecule has 0 fully saturated rings. The van der Waals surface area contributed by atoms with E-state index in [4.69, 9.17) is 0 Å². The van der Waals surface area contributed by atoms with Crippen molar-refractivity contribution in [3.05, 3.63) is 41.2 Å². The van der Waals surface area contributed by atoms with E-state index >= 15 is 0 Å². The van der Waals surface area contributed by atoms with Crippen LogP contribution in [-0.4, -0.2) is 94.0 Å². The second kappa shape index (κ2) is 12.5. The summed E-state index contributed by atoms with van der Waals surface area (Å²) in [6.45, 7) is 3.93. The van der Waals surface area contributed by atoms with E-state index in [1.807, 2.05) is 32.0 Å². The Bertz CT molecular complexity index is 1310. The van der Waals surface area contributed by atoms with Crippen molar-refractivity contribution in [3.8, 4) is 0 Å². The average Bonchev–Trinajstić information content (AvgIpc) is 3.58. The molecule has 0 spiro atoms. The van der Waals surface area contributed by atoms with Gasteiger partial charge in [-0.2, -0.15) is 0 Å². The number of H-pyrrole nitrogens is 1. The predicted octanol–water partition coefficient (Wildman–Crippen LogP) is 0.161. The van der Waals surface area contributed by atoms with Crippen molar-refractivity contribution in [1.82, 2.24) is 35.8 Å². The zero-order valence-electron chi connectivity index (χ0n) is 24.1. The Morgan fingerprint density at radius 2 is 1.88 bits per heavy atom. The van der Waals surface area contributed by atoms with Gasteiger partial charge in [0.05, 0.1) is 12.2 Å². The molecule has 2 aromatic rings. The van der Waals surface area contributed by atoms with Gasteiger partial charge in [-0.1, -0.05) is 43.7 Å². The van der Waals surface area contributed by atoms with E-state index in [-0.39, 0.29) is 36.6 Å². The highest BCUT2D eigenvalue weighted by molar-refractivity contribution is 6.08. The van der Waals surface area contributed by atoms with Gasteiger partial charge in [0.15, 0.2) is 0 Å². The van der Waals surface area contributed by atoms with Crippen molar-refractivity contribution < 1.29 is 24.0 Å². The minimum Gasteiger partial charge on any atom is -0.348 e. The summed E-state index contributed by atoms with van der Waals surface area (Å²) in [7, 11) is 4.64. The highest BCUT2D eigenvalue weighted by atomic mass is 16.2. The van der Waals surface area contributed by atoms with Crippen LogP contribution in [0.5, 0.6) is 0 Å². The first-order valence-corrected chi connectivity index (χ1v) is 13.9.